The molecule has 0 aliphatic heterocycles. The highest BCUT2D eigenvalue weighted by Gasteiger charge is 1.96. The van der Waals surface area contributed by atoms with Crippen molar-refractivity contribution in [3.8, 4) is 0 Å². The molecule has 0 aliphatic rings. The van der Waals surface area contributed by atoms with Gasteiger partial charge in [-0.05, 0) is 6.42 Å². The molecule has 0 nitrogen and oxygen atoms in total. The van der Waals surface area contributed by atoms with Gasteiger partial charge in [0.15, 0.2) is 0 Å². The summed E-state index contributed by atoms with van der Waals surface area (Å²) >= 11 is 5.67. The molecule has 0 fully saturated rings. The van der Waals surface area contributed by atoms with Crippen molar-refractivity contribution < 1.29 is 0 Å². The molecule has 0 aliphatic carbocycles. The molecule has 20 heavy (non-hydrogen) atoms. The zero-order chi connectivity index (χ0) is 14.9. The summed E-state index contributed by atoms with van der Waals surface area (Å²) in [5.41, 5.74) is 0. The lowest BCUT2D eigenvalue weighted by Crippen LogP contribution is -1.97. The van der Waals surface area contributed by atoms with E-state index < -0.39 is 0 Å². The molecular weight excluding hydrogens is 280 g/mol. The van der Waals surface area contributed by atoms with Gasteiger partial charge in [-0.15, -0.1) is 11.6 Å². The quantitative estimate of drug-likeness (QED) is 0.161. The van der Waals surface area contributed by atoms with Crippen LogP contribution in [-0.2, 0) is 0 Å². The van der Waals surface area contributed by atoms with Gasteiger partial charge in [-0.25, -0.2) is 0 Å². The van der Waals surface area contributed by atoms with E-state index in [0.717, 1.165) is 5.88 Å². The molecule has 0 aromatic carbocycles. The lowest BCUT2D eigenvalue weighted by atomic mass is 10.0. The van der Waals surface area contributed by atoms with Crippen LogP contribution in [0.15, 0.2) is 0 Å². The lowest BCUT2D eigenvalue weighted by Gasteiger charge is -2.04. The van der Waals surface area contributed by atoms with Crippen molar-refractivity contribution >= 4 is 20.4 Å². The van der Waals surface area contributed by atoms with Crippen LogP contribution in [0, 0.1) is 0 Å². The van der Waals surface area contributed by atoms with Gasteiger partial charge in [-0.2, -0.15) is 0 Å². The van der Waals surface area contributed by atoms with E-state index in [4.69, 9.17) is 11.6 Å². The van der Waals surface area contributed by atoms with Crippen molar-refractivity contribution in [2.45, 2.75) is 109 Å². The third-order valence-electron chi connectivity index (χ3n) is 4.17. The van der Waals surface area contributed by atoms with Gasteiger partial charge >= 0.3 is 0 Å². The van der Waals surface area contributed by atoms with Crippen LogP contribution in [0.25, 0.3) is 0 Å². The predicted octanol–water partition coefficient (Wildman–Crippen LogP) is 7.17. The molecule has 0 aromatic heterocycles. The van der Waals surface area contributed by atoms with Crippen LogP contribution in [0.3, 0.4) is 0 Å². The Labute approximate surface area is 135 Å². The van der Waals surface area contributed by atoms with Crippen molar-refractivity contribution in [3.05, 3.63) is 0 Å². The van der Waals surface area contributed by atoms with Crippen molar-refractivity contribution in [1.82, 2.24) is 0 Å². The van der Waals surface area contributed by atoms with Crippen molar-refractivity contribution in [2.24, 2.45) is 0 Å². The van der Waals surface area contributed by atoms with Crippen molar-refractivity contribution in [1.29, 1.82) is 0 Å². The third-order valence-corrected chi connectivity index (χ3v) is 6.00. The Kier molecular flexibility index (Phi) is 18.0. The Morgan fingerprint density at radius 1 is 0.500 bits per heavy atom. The smallest absolute Gasteiger partial charge is 0.0305 e. The number of halogens is 1. The van der Waals surface area contributed by atoms with E-state index in [2.05, 4.69) is 13.1 Å². The number of unbranched alkanes of at least 4 members (excludes halogenated alkanes) is 13. The predicted molar refractivity (Wildman–Crippen MR) is 99.0 cm³/mol. The summed E-state index contributed by atoms with van der Waals surface area (Å²) in [5.74, 6) is 0.847. The van der Waals surface area contributed by atoms with E-state index in [0.29, 0.717) is 0 Å². The number of rotatable bonds is 16. The topological polar surface area (TPSA) is 0 Å². The Balaban J connectivity index is 2.92. The first-order valence-corrected chi connectivity index (χ1v) is 13.0. The molecule has 0 saturated carbocycles. The van der Waals surface area contributed by atoms with Gasteiger partial charge in [0.25, 0.3) is 0 Å². The maximum absolute atomic E-state index is 5.67. The summed E-state index contributed by atoms with van der Waals surface area (Å²) in [6.45, 7) is 4.94. The summed E-state index contributed by atoms with van der Waals surface area (Å²) in [5, 5.41) is 0. The molecule has 0 N–H and O–H groups in total. The fourth-order valence-electron chi connectivity index (χ4n) is 2.77. The zero-order valence-corrected chi connectivity index (χ0v) is 16.2. The first-order chi connectivity index (χ1) is 9.77. The van der Waals surface area contributed by atoms with Crippen LogP contribution in [0.4, 0.5) is 0 Å². The van der Waals surface area contributed by atoms with E-state index in [-0.39, 0.29) is 8.80 Å². The monoisotopic (exact) mass is 318 g/mol. The molecule has 0 spiro atoms. The normalized spacial score (nSPS) is 11.4. The van der Waals surface area contributed by atoms with Crippen LogP contribution in [0.1, 0.15) is 89.9 Å². The Bertz CT molecular complexity index is 171. The van der Waals surface area contributed by atoms with Crippen LogP contribution in [0.2, 0.25) is 19.1 Å². The summed E-state index contributed by atoms with van der Waals surface area (Å²) in [7, 11) is -0.268. The molecule has 0 unspecified atom stereocenters. The summed E-state index contributed by atoms with van der Waals surface area (Å²) in [4.78, 5) is 0. The minimum atomic E-state index is -0.268. The maximum Gasteiger partial charge on any atom is 0.0305 e. The summed E-state index contributed by atoms with van der Waals surface area (Å²) in [6.07, 6.45) is 20.1. The van der Waals surface area contributed by atoms with Crippen LogP contribution >= 0.6 is 11.6 Å². The molecule has 0 rings (SSSR count). The van der Waals surface area contributed by atoms with E-state index in [9.17, 15) is 0 Å². The van der Waals surface area contributed by atoms with E-state index in [1.165, 1.54) is 89.9 Å². The highest BCUT2D eigenvalue weighted by atomic mass is 35.5. The molecular formula is C18H39ClSi. The van der Waals surface area contributed by atoms with Gasteiger partial charge in [0, 0.05) is 14.7 Å². The number of alkyl halides is 1. The molecule has 2 heteroatoms. The van der Waals surface area contributed by atoms with E-state index >= 15 is 0 Å². The molecule has 0 atom stereocenters. The average molecular weight is 319 g/mol. The molecule has 0 heterocycles. The van der Waals surface area contributed by atoms with Crippen molar-refractivity contribution in [2.75, 3.05) is 5.88 Å². The van der Waals surface area contributed by atoms with Gasteiger partial charge in [0.05, 0.1) is 0 Å². The average Bonchev–Trinajstić information content (AvgIpc) is 2.43. The molecule has 0 aromatic rings. The van der Waals surface area contributed by atoms with E-state index in [1.807, 2.05) is 0 Å². The van der Waals surface area contributed by atoms with Gasteiger partial charge in [0.2, 0.25) is 0 Å². The third kappa shape index (κ3) is 18.5. The lowest BCUT2D eigenvalue weighted by molar-refractivity contribution is 0.538. The highest BCUT2D eigenvalue weighted by molar-refractivity contribution is 6.55. The molecule has 122 valence electrons. The minimum Gasteiger partial charge on any atom is -0.127 e. The molecule has 0 saturated heterocycles. The molecule has 0 amide bonds. The first-order valence-electron chi connectivity index (χ1n) is 9.33. The van der Waals surface area contributed by atoms with Gasteiger partial charge in [-0.3, -0.25) is 0 Å². The standard InChI is InChI=1S/C18H39ClSi/c1-20(2)18-16-14-12-10-8-6-4-3-5-7-9-11-13-15-17-19/h20H,3-18H2,1-2H3. The van der Waals surface area contributed by atoms with Gasteiger partial charge in [-0.1, -0.05) is 103 Å². The first kappa shape index (κ1) is 20.5. The minimum absolute atomic E-state index is 0.268. The number of hydrogen-bond donors (Lipinski definition) is 0. The van der Waals surface area contributed by atoms with Crippen molar-refractivity contribution in [3.63, 3.8) is 0 Å². The summed E-state index contributed by atoms with van der Waals surface area (Å²) < 4.78 is 0. The second kappa shape index (κ2) is 17.6. The molecule has 0 radical (unpaired) electrons. The second-order valence-corrected chi connectivity index (χ2v) is 10.6. The Morgan fingerprint density at radius 2 is 0.800 bits per heavy atom. The van der Waals surface area contributed by atoms with Crippen LogP contribution < -0.4 is 0 Å². The number of hydrogen-bond acceptors (Lipinski definition) is 0. The molecule has 0 bridgehead atoms. The Morgan fingerprint density at radius 3 is 1.10 bits per heavy atom. The zero-order valence-electron chi connectivity index (χ0n) is 14.3. The highest BCUT2D eigenvalue weighted by Crippen LogP contribution is 2.13. The second-order valence-electron chi connectivity index (χ2n) is 6.82. The summed E-state index contributed by atoms with van der Waals surface area (Å²) in [6, 6.07) is 1.56. The van der Waals surface area contributed by atoms with E-state index in [1.54, 1.807) is 6.04 Å². The maximum atomic E-state index is 5.67. The largest absolute Gasteiger partial charge is 0.127 e. The van der Waals surface area contributed by atoms with Gasteiger partial charge < -0.3 is 0 Å². The van der Waals surface area contributed by atoms with Gasteiger partial charge in [0.1, 0.15) is 0 Å². The van der Waals surface area contributed by atoms with Crippen LogP contribution in [-0.4, -0.2) is 14.7 Å². The SMILES string of the molecule is C[SiH](C)CCCCCCCCCCCCCCCCCl. The Hall–Kier alpha value is 0.507. The fraction of sp³-hybridized carbons (Fsp3) is 1.00. The fourth-order valence-corrected chi connectivity index (χ4v) is 4.06. The van der Waals surface area contributed by atoms with Crippen LogP contribution in [0.5, 0.6) is 0 Å².